The summed E-state index contributed by atoms with van der Waals surface area (Å²) in [4.78, 5) is 35.7. The minimum Gasteiger partial charge on any atom is -0.507 e. The molecule has 25 heavy (non-hydrogen) atoms. The van der Waals surface area contributed by atoms with Crippen molar-refractivity contribution in [1.29, 1.82) is 0 Å². The highest BCUT2D eigenvalue weighted by atomic mass is 32.2. The maximum atomic E-state index is 12.1. The van der Waals surface area contributed by atoms with Gasteiger partial charge in [0.15, 0.2) is 12.0 Å². The van der Waals surface area contributed by atoms with Gasteiger partial charge in [-0.1, -0.05) is 6.58 Å². The summed E-state index contributed by atoms with van der Waals surface area (Å²) in [5.41, 5.74) is 6.52. The average molecular weight is 367 g/mol. The molecule has 1 atom stereocenters. The number of methoxy groups -OCH3 is 1. The van der Waals surface area contributed by atoms with Crippen LogP contribution in [0.3, 0.4) is 0 Å². The molecular weight excluding hydrogens is 346 g/mol. The highest BCUT2D eigenvalue weighted by molar-refractivity contribution is 8.00. The summed E-state index contributed by atoms with van der Waals surface area (Å²) in [6, 6.07) is 3.49. The van der Waals surface area contributed by atoms with Gasteiger partial charge in [0.2, 0.25) is 0 Å². The molecule has 136 valence electrons. The van der Waals surface area contributed by atoms with E-state index in [1.54, 1.807) is 26.0 Å². The standard InChI is InChI=1S/C17H21NO6S/c1-9-5-12(6-10(2)16(9)21)25-8-13(19)11(3)17(22)24-14(18)7-15(20)23-4/h5-6,14,21H,3,7-8,18H2,1-2,4H3. The third kappa shape index (κ3) is 6.24. The number of hydrogen-bond acceptors (Lipinski definition) is 8. The van der Waals surface area contributed by atoms with Crippen LogP contribution in [-0.2, 0) is 23.9 Å². The zero-order valence-electron chi connectivity index (χ0n) is 14.3. The van der Waals surface area contributed by atoms with Gasteiger partial charge in [-0.15, -0.1) is 11.8 Å². The lowest BCUT2D eigenvalue weighted by molar-refractivity contribution is -0.150. The minimum atomic E-state index is -1.21. The van der Waals surface area contributed by atoms with E-state index in [-0.39, 0.29) is 23.5 Å². The molecule has 0 aliphatic carbocycles. The molecule has 0 spiro atoms. The van der Waals surface area contributed by atoms with E-state index in [0.29, 0.717) is 11.1 Å². The minimum absolute atomic E-state index is 0.0240. The predicted molar refractivity (Wildman–Crippen MR) is 93.2 cm³/mol. The van der Waals surface area contributed by atoms with Gasteiger partial charge >= 0.3 is 11.9 Å². The zero-order chi connectivity index (χ0) is 19.1. The Bertz CT molecular complexity index is 677. The Morgan fingerprint density at radius 3 is 2.36 bits per heavy atom. The second kappa shape index (κ2) is 9.24. The van der Waals surface area contributed by atoms with Crippen molar-refractivity contribution in [3.05, 3.63) is 35.4 Å². The molecule has 0 radical (unpaired) electrons. The summed E-state index contributed by atoms with van der Waals surface area (Å²) in [6.45, 7) is 6.93. The van der Waals surface area contributed by atoms with Gasteiger partial charge in [0.05, 0.1) is 24.9 Å². The number of carbonyl (C=O) groups is 3. The van der Waals surface area contributed by atoms with Crippen molar-refractivity contribution in [3.8, 4) is 5.75 Å². The van der Waals surface area contributed by atoms with Crippen LogP contribution >= 0.6 is 11.8 Å². The van der Waals surface area contributed by atoms with Crippen LogP contribution in [0.1, 0.15) is 17.5 Å². The summed E-state index contributed by atoms with van der Waals surface area (Å²) in [5.74, 6) is -1.93. The van der Waals surface area contributed by atoms with Crippen molar-refractivity contribution in [2.24, 2.45) is 5.73 Å². The normalized spacial score (nSPS) is 11.5. The molecule has 0 saturated carbocycles. The molecule has 0 amide bonds. The first kappa shape index (κ1) is 20.7. The van der Waals surface area contributed by atoms with Gasteiger partial charge < -0.3 is 14.6 Å². The largest absolute Gasteiger partial charge is 0.507 e. The lowest BCUT2D eigenvalue weighted by Gasteiger charge is -2.12. The first-order valence-corrected chi connectivity index (χ1v) is 8.32. The number of Topliss-reactive ketones (excluding diaryl/α,β-unsaturated/α-hetero) is 1. The van der Waals surface area contributed by atoms with Gasteiger partial charge in [-0.05, 0) is 37.1 Å². The monoisotopic (exact) mass is 367 g/mol. The van der Waals surface area contributed by atoms with Gasteiger partial charge in [-0.2, -0.15) is 0 Å². The fraction of sp³-hybridized carbons (Fsp3) is 0.353. The Kier molecular flexibility index (Phi) is 7.66. The molecule has 1 rings (SSSR count). The van der Waals surface area contributed by atoms with E-state index in [1.807, 2.05) is 0 Å². The number of benzene rings is 1. The predicted octanol–water partition coefficient (Wildman–Crippen LogP) is 1.62. The smallest absolute Gasteiger partial charge is 0.342 e. The van der Waals surface area contributed by atoms with Gasteiger partial charge in [-0.25, -0.2) is 4.79 Å². The number of thioether (sulfide) groups is 1. The summed E-state index contributed by atoms with van der Waals surface area (Å²) < 4.78 is 9.19. The molecule has 0 fully saturated rings. The molecule has 7 nitrogen and oxygen atoms in total. The fourth-order valence-corrected chi connectivity index (χ4v) is 2.84. The molecule has 8 heteroatoms. The molecule has 0 bridgehead atoms. The first-order chi connectivity index (χ1) is 11.6. The number of aryl methyl sites for hydroxylation is 2. The van der Waals surface area contributed by atoms with E-state index in [4.69, 9.17) is 10.5 Å². The Hall–Kier alpha value is -2.32. The summed E-state index contributed by atoms with van der Waals surface area (Å²) in [5, 5.41) is 9.74. The molecule has 0 aliphatic heterocycles. The first-order valence-electron chi connectivity index (χ1n) is 7.34. The highest BCUT2D eigenvalue weighted by Gasteiger charge is 2.21. The van der Waals surface area contributed by atoms with Crippen LogP contribution in [0.15, 0.2) is 29.2 Å². The number of phenols is 1. The fourth-order valence-electron chi connectivity index (χ4n) is 1.85. The third-order valence-corrected chi connectivity index (χ3v) is 4.25. The van der Waals surface area contributed by atoms with Crippen molar-refractivity contribution in [2.45, 2.75) is 31.4 Å². The molecule has 0 aromatic heterocycles. The zero-order valence-corrected chi connectivity index (χ0v) is 15.1. The molecule has 1 aromatic rings. The van der Waals surface area contributed by atoms with E-state index in [2.05, 4.69) is 11.3 Å². The second-order valence-electron chi connectivity index (χ2n) is 5.32. The summed E-state index contributed by atoms with van der Waals surface area (Å²) in [7, 11) is 1.18. The van der Waals surface area contributed by atoms with Crippen LogP contribution in [-0.4, -0.2) is 41.9 Å². The topological polar surface area (TPSA) is 116 Å². The number of ether oxygens (including phenoxy) is 2. The van der Waals surface area contributed by atoms with Crippen molar-refractivity contribution >= 4 is 29.5 Å². The molecule has 0 heterocycles. The van der Waals surface area contributed by atoms with Crippen molar-refractivity contribution in [2.75, 3.05) is 12.9 Å². The maximum Gasteiger partial charge on any atom is 0.342 e. The number of nitrogens with two attached hydrogens (primary N) is 1. The van der Waals surface area contributed by atoms with E-state index in [9.17, 15) is 19.5 Å². The number of esters is 2. The van der Waals surface area contributed by atoms with Crippen molar-refractivity contribution in [3.63, 3.8) is 0 Å². The van der Waals surface area contributed by atoms with Crippen LogP contribution in [0.25, 0.3) is 0 Å². The van der Waals surface area contributed by atoms with Gasteiger partial charge in [0.1, 0.15) is 5.75 Å². The lowest BCUT2D eigenvalue weighted by Crippen LogP contribution is -2.32. The third-order valence-electron chi connectivity index (χ3n) is 3.27. The van der Waals surface area contributed by atoms with E-state index < -0.39 is 23.9 Å². The highest BCUT2D eigenvalue weighted by Crippen LogP contribution is 2.28. The Morgan fingerprint density at radius 1 is 1.28 bits per heavy atom. The summed E-state index contributed by atoms with van der Waals surface area (Å²) in [6.07, 6.45) is -1.52. The number of phenolic OH excluding ortho intramolecular Hbond substituents is 1. The Balaban J connectivity index is 2.58. The number of hydrogen-bond donors (Lipinski definition) is 2. The van der Waals surface area contributed by atoms with E-state index >= 15 is 0 Å². The number of aromatic hydroxyl groups is 1. The van der Waals surface area contributed by atoms with Gasteiger partial charge in [0, 0.05) is 4.90 Å². The Labute approximate surface area is 150 Å². The van der Waals surface area contributed by atoms with E-state index in [1.165, 1.54) is 18.9 Å². The average Bonchev–Trinajstić information content (AvgIpc) is 2.56. The number of rotatable bonds is 8. The van der Waals surface area contributed by atoms with Gasteiger partial charge in [-0.3, -0.25) is 15.3 Å². The number of ketones is 1. The molecule has 0 saturated heterocycles. The van der Waals surface area contributed by atoms with Gasteiger partial charge in [0.25, 0.3) is 0 Å². The molecular formula is C17H21NO6S. The Morgan fingerprint density at radius 2 is 1.84 bits per heavy atom. The van der Waals surface area contributed by atoms with Crippen LogP contribution in [0.4, 0.5) is 0 Å². The van der Waals surface area contributed by atoms with Crippen molar-refractivity contribution in [1.82, 2.24) is 0 Å². The van der Waals surface area contributed by atoms with E-state index in [0.717, 1.165) is 4.90 Å². The number of carbonyl (C=O) groups excluding carboxylic acids is 3. The molecule has 1 aromatic carbocycles. The van der Waals surface area contributed by atoms with Crippen LogP contribution in [0.2, 0.25) is 0 Å². The molecule has 0 aliphatic rings. The SMILES string of the molecule is C=C(C(=O)CSc1cc(C)c(O)c(C)c1)C(=O)OC(N)CC(=O)OC. The second-order valence-corrected chi connectivity index (χ2v) is 6.37. The van der Waals surface area contributed by atoms with Crippen molar-refractivity contribution < 1.29 is 29.0 Å². The molecule has 1 unspecified atom stereocenters. The molecule has 3 N–H and O–H groups in total. The summed E-state index contributed by atoms with van der Waals surface area (Å²) >= 11 is 1.21. The quantitative estimate of drug-likeness (QED) is 0.178. The maximum absolute atomic E-state index is 12.1. The van der Waals surface area contributed by atoms with Crippen LogP contribution < -0.4 is 5.73 Å². The lowest BCUT2D eigenvalue weighted by atomic mass is 10.1. The van der Waals surface area contributed by atoms with Crippen LogP contribution in [0.5, 0.6) is 5.75 Å². The van der Waals surface area contributed by atoms with Crippen LogP contribution in [0, 0.1) is 13.8 Å².